The lowest BCUT2D eigenvalue weighted by atomic mass is 9.97. The molecule has 0 spiro atoms. The van der Waals surface area contributed by atoms with E-state index in [2.05, 4.69) is 5.32 Å². The standard InChI is InChI=1S/C27H34N2O13/c1-27(2,3)26(38)40-13-14-5-6-15(41-25-22(35)20(33)21(34)23(42-25)24(36)37)11-16(14)39-10-4-9-28-17(30)12-29-18(31)7-8-19(29)32/h5-8,11,20-23,25,33-35H,4,9-10,12-13H2,1-3H3,(H,28,30)(H,36,37)/t20-,21-,22+,23-,25+/m0/s1. The van der Waals surface area contributed by atoms with E-state index in [0.29, 0.717) is 12.0 Å². The van der Waals surface area contributed by atoms with Gasteiger partial charge in [0.2, 0.25) is 12.2 Å². The van der Waals surface area contributed by atoms with Crippen LogP contribution in [-0.4, -0.2) is 105 Å². The highest BCUT2D eigenvalue weighted by molar-refractivity contribution is 6.14. The lowest BCUT2D eigenvalue weighted by Gasteiger charge is -2.38. The first-order valence-corrected chi connectivity index (χ1v) is 13.0. The molecule has 0 aromatic heterocycles. The number of aliphatic hydroxyl groups is 3. The van der Waals surface area contributed by atoms with Crippen molar-refractivity contribution in [3.63, 3.8) is 0 Å². The van der Waals surface area contributed by atoms with E-state index in [9.17, 15) is 44.4 Å². The third-order valence-electron chi connectivity index (χ3n) is 6.18. The number of carbonyl (C=O) groups excluding carboxylic acids is 4. The van der Waals surface area contributed by atoms with Crippen molar-refractivity contribution in [1.29, 1.82) is 0 Å². The predicted octanol–water partition coefficient (Wildman–Crippen LogP) is -1.14. The Kier molecular flexibility index (Phi) is 10.6. The molecule has 5 N–H and O–H groups in total. The quantitative estimate of drug-likeness (QED) is 0.110. The van der Waals surface area contributed by atoms with Gasteiger partial charge in [0.1, 0.15) is 43.0 Å². The number of rotatable bonds is 12. The van der Waals surface area contributed by atoms with Gasteiger partial charge in [0.15, 0.2) is 6.10 Å². The number of hydrogen-bond donors (Lipinski definition) is 5. The molecular weight excluding hydrogens is 560 g/mol. The molecule has 2 heterocycles. The van der Waals surface area contributed by atoms with Gasteiger partial charge in [-0.25, -0.2) is 4.79 Å². The van der Waals surface area contributed by atoms with Gasteiger partial charge in [-0.2, -0.15) is 0 Å². The van der Waals surface area contributed by atoms with E-state index in [4.69, 9.17) is 18.9 Å². The second-order valence-corrected chi connectivity index (χ2v) is 10.6. The van der Waals surface area contributed by atoms with Crippen LogP contribution >= 0.6 is 0 Å². The molecule has 5 atom stereocenters. The summed E-state index contributed by atoms with van der Waals surface area (Å²) in [7, 11) is 0. The number of ether oxygens (including phenoxy) is 4. The maximum absolute atomic E-state index is 12.3. The minimum atomic E-state index is -1.88. The number of nitrogens with one attached hydrogen (secondary N) is 1. The van der Waals surface area contributed by atoms with Crippen LogP contribution in [0.2, 0.25) is 0 Å². The fraction of sp³-hybridized carbons (Fsp3) is 0.519. The van der Waals surface area contributed by atoms with Gasteiger partial charge < -0.3 is 44.7 Å². The predicted molar refractivity (Wildman–Crippen MR) is 140 cm³/mol. The average Bonchev–Trinajstić information content (AvgIpc) is 3.23. The molecule has 0 saturated carbocycles. The normalized spacial score (nSPS) is 24.0. The van der Waals surface area contributed by atoms with Crippen LogP contribution in [0.1, 0.15) is 32.8 Å². The molecule has 3 rings (SSSR count). The zero-order valence-corrected chi connectivity index (χ0v) is 23.2. The molecule has 2 aliphatic rings. The van der Waals surface area contributed by atoms with Crippen LogP contribution < -0.4 is 14.8 Å². The molecule has 1 aromatic rings. The Morgan fingerprint density at radius 1 is 1.02 bits per heavy atom. The number of nitrogens with zero attached hydrogens (tertiary/aromatic N) is 1. The van der Waals surface area contributed by atoms with Gasteiger partial charge in [0.25, 0.3) is 11.8 Å². The second kappa shape index (κ2) is 13.7. The van der Waals surface area contributed by atoms with Crippen molar-refractivity contribution in [3.8, 4) is 11.5 Å². The Hall–Kier alpha value is -4.05. The highest BCUT2D eigenvalue weighted by Gasteiger charge is 2.48. The van der Waals surface area contributed by atoms with Crippen LogP contribution in [0.15, 0.2) is 30.4 Å². The van der Waals surface area contributed by atoms with Gasteiger partial charge in [-0.05, 0) is 39.3 Å². The molecule has 15 heteroatoms. The van der Waals surface area contributed by atoms with Crippen LogP contribution in [0.5, 0.6) is 11.5 Å². The Balaban J connectivity index is 1.64. The fourth-order valence-electron chi connectivity index (χ4n) is 3.77. The number of aliphatic hydroxyl groups excluding tert-OH is 3. The van der Waals surface area contributed by atoms with Crippen molar-refractivity contribution in [2.45, 2.75) is 64.5 Å². The van der Waals surface area contributed by atoms with Crippen molar-refractivity contribution >= 4 is 29.7 Å². The first-order chi connectivity index (χ1) is 19.7. The maximum atomic E-state index is 12.3. The van der Waals surface area contributed by atoms with E-state index in [1.54, 1.807) is 20.8 Å². The van der Waals surface area contributed by atoms with Crippen molar-refractivity contribution in [2.24, 2.45) is 5.41 Å². The molecule has 0 bridgehead atoms. The van der Waals surface area contributed by atoms with Gasteiger partial charge in [-0.1, -0.05) is 0 Å². The number of carboxylic acid groups (broad SMARTS) is 1. The van der Waals surface area contributed by atoms with Gasteiger partial charge in [-0.15, -0.1) is 0 Å². The van der Waals surface area contributed by atoms with Crippen molar-refractivity contribution in [3.05, 3.63) is 35.9 Å². The summed E-state index contributed by atoms with van der Waals surface area (Å²) in [5, 5.41) is 42.0. The number of amides is 3. The molecule has 3 amide bonds. The first kappa shape index (κ1) is 32.5. The summed E-state index contributed by atoms with van der Waals surface area (Å²) in [6.07, 6.45) is -6.57. The van der Waals surface area contributed by atoms with Gasteiger partial charge in [0, 0.05) is 30.3 Å². The molecule has 1 fully saturated rings. The molecule has 0 radical (unpaired) electrons. The van der Waals surface area contributed by atoms with Gasteiger partial charge in [-0.3, -0.25) is 24.1 Å². The van der Waals surface area contributed by atoms with Crippen LogP contribution in [-0.2, 0) is 40.1 Å². The minimum Gasteiger partial charge on any atom is -0.493 e. The van der Waals surface area contributed by atoms with E-state index in [-0.39, 0.29) is 31.3 Å². The summed E-state index contributed by atoms with van der Waals surface area (Å²) in [4.78, 5) is 59.7. The third-order valence-corrected chi connectivity index (χ3v) is 6.18. The van der Waals surface area contributed by atoms with Crippen molar-refractivity contribution < 1.29 is 63.3 Å². The van der Waals surface area contributed by atoms with Gasteiger partial charge >= 0.3 is 11.9 Å². The Morgan fingerprint density at radius 2 is 1.69 bits per heavy atom. The maximum Gasteiger partial charge on any atom is 0.335 e. The Morgan fingerprint density at radius 3 is 2.31 bits per heavy atom. The average molecular weight is 595 g/mol. The summed E-state index contributed by atoms with van der Waals surface area (Å²) < 4.78 is 21.9. The van der Waals surface area contributed by atoms with E-state index in [0.717, 1.165) is 17.1 Å². The topological polar surface area (TPSA) is 218 Å². The van der Waals surface area contributed by atoms with Crippen LogP contribution in [0, 0.1) is 5.41 Å². The zero-order valence-electron chi connectivity index (χ0n) is 23.2. The van der Waals surface area contributed by atoms with E-state index < -0.39 is 72.3 Å². The third kappa shape index (κ3) is 8.25. The molecular formula is C27H34N2O13. The largest absolute Gasteiger partial charge is 0.493 e. The zero-order chi connectivity index (χ0) is 31.2. The molecule has 230 valence electrons. The fourth-order valence-corrected chi connectivity index (χ4v) is 3.77. The summed E-state index contributed by atoms with van der Waals surface area (Å²) in [5.74, 6) is -3.48. The van der Waals surface area contributed by atoms with Crippen molar-refractivity contribution in [2.75, 3.05) is 19.7 Å². The highest BCUT2D eigenvalue weighted by Crippen LogP contribution is 2.30. The lowest BCUT2D eigenvalue weighted by molar-refractivity contribution is -0.271. The van der Waals surface area contributed by atoms with Gasteiger partial charge in [0.05, 0.1) is 12.0 Å². The van der Waals surface area contributed by atoms with E-state index in [1.807, 2.05) is 0 Å². The summed E-state index contributed by atoms with van der Waals surface area (Å²) in [6.45, 7) is 4.69. The molecule has 1 saturated heterocycles. The number of carbonyl (C=O) groups is 5. The van der Waals surface area contributed by atoms with E-state index in [1.165, 1.54) is 18.2 Å². The second-order valence-electron chi connectivity index (χ2n) is 10.6. The number of hydrogen-bond acceptors (Lipinski definition) is 12. The monoisotopic (exact) mass is 594 g/mol. The highest BCUT2D eigenvalue weighted by atomic mass is 16.7. The Labute approximate surface area is 240 Å². The van der Waals surface area contributed by atoms with Crippen molar-refractivity contribution in [1.82, 2.24) is 10.2 Å². The number of imide groups is 1. The molecule has 2 aliphatic heterocycles. The molecule has 1 aromatic carbocycles. The smallest absolute Gasteiger partial charge is 0.335 e. The summed E-state index contributed by atoms with van der Waals surface area (Å²) in [6, 6.07) is 4.31. The molecule has 0 aliphatic carbocycles. The molecule has 15 nitrogen and oxygen atoms in total. The first-order valence-electron chi connectivity index (χ1n) is 13.0. The number of aliphatic carboxylic acids is 1. The van der Waals surface area contributed by atoms with Crippen LogP contribution in [0.25, 0.3) is 0 Å². The summed E-state index contributed by atoms with van der Waals surface area (Å²) in [5.41, 5.74) is -0.324. The Bertz CT molecular complexity index is 1210. The molecule has 42 heavy (non-hydrogen) atoms. The number of esters is 1. The number of benzene rings is 1. The minimum absolute atomic E-state index is 0.0366. The SMILES string of the molecule is CC(C)(C)C(=O)OCc1ccc(O[C@@H]2O[C@H](C(=O)O)[C@@H](O)[C@H](O)[C@H]2O)cc1OCCCNC(=O)CN1C(=O)C=CC1=O. The van der Waals surface area contributed by atoms with Crippen LogP contribution in [0.3, 0.4) is 0 Å². The molecule has 0 unspecified atom stereocenters. The number of carboxylic acids is 1. The van der Waals surface area contributed by atoms with Crippen LogP contribution in [0.4, 0.5) is 0 Å². The summed E-state index contributed by atoms with van der Waals surface area (Å²) >= 11 is 0. The van der Waals surface area contributed by atoms with E-state index >= 15 is 0 Å². The lowest BCUT2D eigenvalue weighted by Crippen LogP contribution is -2.61.